The molecule has 0 aliphatic rings. The Bertz CT molecular complexity index is 354. The van der Waals surface area contributed by atoms with E-state index in [2.05, 4.69) is 10.3 Å². The number of halogens is 3. The van der Waals surface area contributed by atoms with E-state index >= 15 is 0 Å². The Labute approximate surface area is 102 Å². The van der Waals surface area contributed by atoms with Gasteiger partial charge in [0.15, 0.2) is 5.01 Å². The van der Waals surface area contributed by atoms with E-state index in [0.29, 0.717) is 22.8 Å². The highest BCUT2D eigenvalue weighted by atomic mass is 32.1. The highest BCUT2D eigenvalue weighted by Gasteiger charge is 2.35. The van der Waals surface area contributed by atoms with Crippen molar-refractivity contribution in [3.8, 4) is 0 Å². The fourth-order valence-corrected chi connectivity index (χ4v) is 2.52. The third kappa shape index (κ3) is 3.65. The number of nitrogens with zero attached hydrogens (tertiary/aromatic N) is 1. The molecular weight excluding hydrogens is 253 g/mol. The molecule has 1 rings (SSSR count). The number of ether oxygens (including phenoxy) is 1. The molecule has 0 aliphatic heterocycles. The minimum Gasteiger partial charge on any atom is -0.377 e. The highest BCUT2D eigenvalue weighted by Crippen LogP contribution is 2.35. The van der Waals surface area contributed by atoms with Crippen LogP contribution < -0.4 is 5.32 Å². The number of aromatic nitrogens is 1. The Morgan fingerprint density at radius 1 is 1.53 bits per heavy atom. The van der Waals surface area contributed by atoms with Crippen molar-refractivity contribution >= 4 is 11.3 Å². The Morgan fingerprint density at radius 3 is 2.59 bits per heavy atom. The molecule has 1 heterocycles. The molecule has 0 aromatic carbocycles. The first-order valence-corrected chi connectivity index (χ1v) is 6.03. The standard InChI is InChI=1S/C10H15F3N2OS/c1-4-16-6(2)8(14-3)7-5-15-9(17-7)10(11,12)13/h5-6,8,14H,4H2,1-3H3. The van der Waals surface area contributed by atoms with Crippen molar-refractivity contribution in [2.45, 2.75) is 32.2 Å². The summed E-state index contributed by atoms with van der Waals surface area (Å²) in [5.41, 5.74) is 0. The zero-order valence-electron chi connectivity index (χ0n) is 9.84. The molecule has 0 amide bonds. The van der Waals surface area contributed by atoms with Gasteiger partial charge in [0, 0.05) is 17.7 Å². The first kappa shape index (κ1) is 14.4. The van der Waals surface area contributed by atoms with E-state index in [0.717, 1.165) is 0 Å². The first-order chi connectivity index (χ1) is 7.90. The van der Waals surface area contributed by atoms with Crippen molar-refractivity contribution < 1.29 is 17.9 Å². The molecule has 0 bridgehead atoms. The minimum atomic E-state index is -4.38. The fourth-order valence-electron chi connectivity index (χ4n) is 1.53. The number of alkyl halides is 3. The van der Waals surface area contributed by atoms with Gasteiger partial charge in [0.25, 0.3) is 0 Å². The summed E-state index contributed by atoms with van der Waals surface area (Å²) >= 11 is 0.648. The molecule has 98 valence electrons. The zero-order chi connectivity index (χ0) is 13.1. The summed E-state index contributed by atoms with van der Waals surface area (Å²) in [4.78, 5) is 3.93. The van der Waals surface area contributed by atoms with Crippen molar-refractivity contribution in [3.05, 3.63) is 16.1 Å². The monoisotopic (exact) mass is 268 g/mol. The van der Waals surface area contributed by atoms with E-state index in [1.165, 1.54) is 6.20 Å². The summed E-state index contributed by atoms with van der Waals surface area (Å²) in [5, 5.41) is 2.12. The molecule has 17 heavy (non-hydrogen) atoms. The van der Waals surface area contributed by atoms with E-state index in [1.807, 2.05) is 13.8 Å². The van der Waals surface area contributed by atoms with E-state index in [9.17, 15) is 13.2 Å². The molecule has 0 spiro atoms. The molecule has 0 aliphatic carbocycles. The topological polar surface area (TPSA) is 34.1 Å². The van der Waals surface area contributed by atoms with Crippen molar-refractivity contribution in [2.75, 3.05) is 13.7 Å². The van der Waals surface area contributed by atoms with Gasteiger partial charge in [-0.1, -0.05) is 0 Å². The van der Waals surface area contributed by atoms with Gasteiger partial charge in [-0.25, -0.2) is 4.98 Å². The van der Waals surface area contributed by atoms with Crippen molar-refractivity contribution in [2.24, 2.45) is 0 Å². The van der Waals surface area contributed by atoms with Crippen molar-refractivity contribution in [1.82, 2.24) is 10.3 Å². The Morgan fingerprint density at radius 2 is 2.18 bits per heavy atom. The highest BCUT2D eigenvalue weighted by molar-refractivity contribution is 7.11. The van der Waals surface area contributed by atoms with Gasteiger partial charge < -0.3 is 10.1 Å². The smallest absolute Gasteiger partial charge is 0.377 e. The van der Waals surface area contributed by atoms with Crippen LogP contribution in [0.2, 0.25) is 0 Å². The van der Waals surface area contributed by atoms with E-state index in [1.54, 1.807) is 7.05 Å². The number of nitrogens with one attached hydrogen (secondary N) is 1. The van der Waals surface area contributed by atoms with Gasteiger partial charge in [-0.2, -0.15) is 13.2 Å². The summed E-state index contributed by atoms with van der Waals surface area (Å²) < 4.78 is 42.6. The Hall–Kier alpha value is -0.660. The summed E-state index contributed by atoms with van der Waals surface area (Å²) in [7, 11) is 1.69. The van der Waals surface area contributed by atoms with Gasteiger partial charge in [0.2, 0.25) is 0 Å². The predicted molar refractivity (Wildman–Crippen MR) is 60.0 cm³/mol. The second-order valence-corrected chi connectivity index (χ2v) is 4.55. The lowest BCUT2D eigenvalue weighted by atomic mass is 10.1. The van der Waals surface area contributed by atoms with Crippen LogP contribution in [0.4, 0.5) is 13.2 Å². The minimum absolute atomic E-state index is 0.202. The van der Waals surface area contributed by atoms with Gasteiger partial charge in [-0.3, -0.25) is 0 Å². The van der Waals surface area contributed by atoms with Crippen LogP contribution in [0.25, 0.3) is 0 Å². The van der Waals surface area contributed by atoms with Crippen LogP contribution in [-0.4, -0.2) is 24.7 Å². The van der Waals surface area contributed by atoms with Crippen LogP contribution in [0, 0.1) is 0 Å². The SMILES string of the molecule is CCOC(C)C(NC)c1cnc(C(F)(F)F)s1. The van der Waals surface area contributed by atoms with Crippen LogP contribution in [-0.2, 0) is 10.9 Å². The zero-order valence-corrected chi connectivity index (χ0v) is 10.7. The molecule has 0 saturated heterocycles. The molecule has 7 heteroatoms. The van der Waals surface area contributed by atoms with E-state index < -0.39 is 11.2 Å². The number of hydrogen-bond donors (Lipinski definition) is 1. The van der Waals surface area contributed by atoms with Gasteiger partial charge in [0.05, 0.1) is 12.1 Å². The largest absolute Gasteiger partial charge is 0.443 e. The predicted octanol–water partition coefficient (Wildman–Crippen LogP) is 2.85. The number of rotatable bonds is 5. The van der Waals surface area contributed by atoms with Crippen LogP contribution in [0.1, 0.15) is 29.8 Å². The Balaban J connectivity index is 2.86. The number of thiazole rings is 1. The molecule has 0 saturated carbocycles. The molecule has 1 aromatic heterocycles. The van der Waals surface area contributed by atoms with Crippen LogP contribution in [0.3, 0.4) is 0 Å². The third-order valence-corrected chi connectivity index (χ3v) is 3.41. The number of likely N-dealkylation sites (N-methyl/N-ethyl adjacent to an activating group) is 1. The van der Waals surface area contributed by atoms with Crippen LogP contribution in [0.5, 0.6) is 0 Å². The molecule has 0 radical (unpaired) electrons. The summed E-state index contributed by atoms with van der Waals surface area (Å²) in [6.07, 6.45) is -3.33. The molecule has 1 N–H and O–H groups in total. The molecule has 3 nitrogen and oxygen atoms in total. The number of hydrogen-bond acceptors (Lipinski definition) is 4. The van der Waals surface area contributed by atoms with Crippen LogP contribution >= 0.6 is 11.3 Å². The Kier molecular flexibility index (Phi) is 4.91. The van der Waals surface area contributed by atoms with Crippen molar-refractivity contribution in [3.63, 3.8) is 0 Å². The average molecular weight is 268 g/mol. The van der Waals surface area contributed by atoms with Gasteiger partial charge >= 0.3 is 6.18 Å². The normalized spacial score (nSPS) is 15.9. The second-order valence-electron chi connectivity index (χ2n) is 3.49. The third-order valence-electron chi connectivity index (χ3n) is 2.28. The summed E-state index contributed by atoms with van der Waals surface area (Å²) in [5.74, 6) is 0. The summed E-state index contributed by atoms with van der Waals surface area (Å²) in [6.45, 7) is 4.18. The maximum Gasteiger partial charge on any atom is 0.443 e. The molecular formula is C10H15F3N2OS. The maximum absolute atomic E-state index is 12.4. The first-order valence-electron chi connectivity index (χ1n) is 5.22. The molecule has 1 aromatic rings. The van der Waals surface area contributed by atoms with E-state index in [4.69, 9.17) is 4.74 Å². The van der Waals surface area contributed by atoms with Crippen molar-refractivity contribution in [1.29, 1.82) is 0 Å². The fraction of sp³-hybridized carbons (Fsp3) is 0.700. The molecule has 2 unspecified atom stereocenters. The lowest BCUT2D eigenvalue weighted by molar-refractivity contribution is -0.137. The van der Waals surface area contributed by atoms with Gasteiger partial charge in [0.1, 0.15) is 0 Å². The average Bonchev–Trinajstić information content (AvgIpc) is 2.68. The lowest BCUT2D eigenvalue weighted by Gasteiger charge is -2.21. The maximum atomic E-state index is 12.4. The van der Waals surface area contributed by atoms with Crippen LogP contribution in [0.15, 0.2) is 6.20 Å². The summed E-state index contributed by atoms with van der Waals surface area (Å²) in [6, 6.07) is -0.274. The van der Waals surface area contributed by atoms with Gasteiger partial charge in [-0.05, 0) is 20.9 Å². The van der Waals surface area contributed by atoms with E-state index in [-0.39, 0.29) is 12.1 Å². The quantitative estimate of drug-likeness (QED) is 0.891. The molecule has 0 fully saturated rings. The second kappa shape index (κ2) is 5.79. The lowest BCUT2D eigenvalue weighted by Crippen LogP contribution is -2.28. The molecule has 2 atom stereocenters. The van der Waals surface area contributed by atoms with Gasteiger partial charge in [-0.15, -0.1) is 11.3 Å².